The van der Waals surface area contributed by atoms with Crippen LogP contribution >= 0.6 is 0 Å². The first kappa shape index (κ1) is 17.3. The van der Waals surface area contributed by atoms with Crippen molar-refractivity contribution in [2.75, 3.05) is 19.6 Å². The van der Waals surface area contributed by atoms with Crippen LogP contribution in [0.5, 0.6) is 0 Å². The van der Waals surface area contributed by atoms with Crippen LogP contribution in [0.25, 0.3) is 0 Å². The minimum atomic E-state index is -0.470. The van der Waals surface area contributed by atoms with Gasteiger partial charge in [0.15, 0.2) is 0 Å². The molecule has 1 fully saturated rings. The molecular formula is C16H26N4O3. The van der Waals surface area contributed by atoms with E-state index in [2.05, 4.69) is 15.5 Å². The molecule has 0 saturated carbocycles. The van der Waals surface area contributed by atoms with Gasteiger partial charge in [-0.2, -0.15) is 5.10 Å². The molecule has 1 aromatic heterocycles. The highest BCUT2D eigenvalue weighted by Crippen LogP contribution is 2.21. The fourth-order valence-electron chi connectivity index (χ4n) is 2.66. The summed E-state index contributed by atoms with van der Waals surface area (Å²) in [6.45, 7) is 7.64. The van der Waals surface area contributed by atoms with Crippen molar-refractivity contribution in [3.8, 4) is 0 Å². The second-order valence-corrected chi connectivity index (χ2v) is 6.95. The van der Waals surface area contributed by atoms with Crippen LogP contribution in [0, 0.1) is 5.92 Å². The van der Waals surface area contributed by atoms with E-state index in [0.29, 0.717) is 24.7 Å². The first-order chi connectivity index (χ1) is 10.8. The minimum absolute atomic E-state index is 0.151. The minimum Gasteiger partial charge on any atom is -0.444 e. The largest absolute Gasteiger partial charge is 0.444 e. The number of carbonyl (C=O) groups excluding carboxylic acids is 2. The number of piperidine rings is 1. The highest BCUT2D eigenvalue weighted by molar-refractivity contribution is 5.92. The molecule has 2 rings (SSSR count). The average Bonchev–Trinajstić information content (AvgIpc) is 3.00. The van der Waals surface area contributed by atoms with Gasteiger partial charge in [0.1, 0.15) is 11.3 Å². The lowest BCUT2D eigenvalue weighted by Crippen LogP contribution is -2.43. The van der Waals surface area contributed by atoms with Crippen LogP contribution in [0.1, 0.15) is 50.5 Å². The van der Waals surface area contributed by atoms with Crippen molar-refractivity contribution in [2.45, 2.75) is 45.6 Å². The molecule has 2 amide bonds. The van der Waals surface area contributed by atoms with Crippen molar-refractivity contribution in [1.29, 1.82) is 0 Å². The van der Waals surface area contributed by atoms with Gasteiger partial charge in [0.25, 0.3) is 5.91 Å². The maximum absolute atomic E-state index is 12.1. The highest BCUT2D eigenvalue weighted by Gasteiger charge is 2.27. The van der Waals surface area contributed by atoms with Crippen molar-refractivity contribution in [2.24, 2.45) is 5.92 Å². The van der Waals surface area contributed by atoms with E-state index in [1.807, 2.05) is 20.8 Å². The lowest BCUT2D eigenvalue weighted by molar-refractivity contribution is 0.0161. The SMILES string of the molecule is CC(C)(C)OC(=O)N1CCCC(CCNC(=O)c2ccn[nH]2)C1. The predicted octanol–water partition coefficient (Wildman–Crippen LogP) is 2.18. The van der Waals surface area contributed by atoms with E-state index < -0.39 is 5.60 Å². The topological polar surface area (TPSA) is 87.3 Å². The van der Waals surface area contributed by atoms with E-state index in [-0.39, 0.29) is 12.0 Å². The first-order valence-electron chi connectivity index (χ1n) is 8.10. The van der Waals surface area contributed by atoms with Gasteiger partial charge in [-0.05, 0) is 52.0 Å². The number of nitrogens with zero attached hydrogens (tertiary/aromatic N) is 2. The summed E-state index contributed by atoms with van der Waals surface area (Å²) < 4.78 is 5.42. The Hall–Kier alpha value is -2.05. The number of aromatic nitrogens is 2. The van der Waals surface area contributed by atoms with Gasteiger partial charge >= 0.3 is 6.09 Å². The lowest BCUT2D eigenvalue weighted by atomic mass is 9.95. The van der Waals surface area contributed by atoms with E-state index >= 15 is 0 Å². The number of likely N-dealkylation sites (tertiary alicyclic amines) is 1. The summed E-state index contributed by atoms with van der Waals surface area (Å²) in [6.07, 6.45) is 4.19. The molecule has 0 aromatic carbocycles. The molecule has 7 nitrogen and oxygen atoms in total. The normalized spacial score (nSPS) is 18.6. The predicted molar refractivity (Wildman–Crippen MR) is 86.1 cm³/mol. The molecule has 1 aliphatic heterocycles. The quantitative estimate of drug-likeness (QED) is 0.889. The number of hydrogen-bond donors (Lipinski definition) is 2. The van der Waals surface area contributed by atoms with Crippen LogP contribution in [0.15, 0.2) is 12.3 Å². The van der Waals surface area contributed by atoms with Crippen LogP contribution < -0.4 is 5.32 Å². The van der Waals surface area contributed by atoms with E-state index in [1.54, 1.807) is 17.2 Å². The van der Waals surface area contributed by atoms with Gasteiger partial charge in [0.2, 0.25) is 0 Å². The van der Waals surface area contributed by atoms with Crippen LogP contribution in [-0.2, 0) is 4.74 Å². The highest BCUT2D eigenvalue weighted by atomic mass is 16.6. The lowest BCUT2D eigenvalue weighted by Gasteiger charge is -2.34. The second-order valence-electron chi connectivity index (χ2n) is 6.95. The maximum atomic E-state index is 12.1. The molecule has 0 bridgehead atoms. The molecule has 1 aliphatic rings. The number of aromatic amines is 1. The number of rotatable bonds is 4. The number of ether oxygens (including phenoxy) is 1. The molecule has 1 atom stereocenters. The third-order valence-corrected chi connectivity index (χ3v) is 3.75. The van der Waals surface area contributed by atoms with Crippen LogP contribution in [0.2, 0.25) is 0 Å². The monoisotopic (exact) mass is 322 g/mol. The Morgan fingerprint density at radius 3 is 2.91 bits per heavy atom. The van der Waals surface area contributed by atoms with Crippen LogP contribution in [0.3, 0.4) is 0 Å². The Labute approximate surface area is 136 Å². The molecule has 0 spiro atoms. The van der Waals surface area contributed by atoms with E-state index in [4.69, 9.17) is 4.74 Å². The van der Waals surface area contributed by atoms with Crippen molar-refractivity contribution in [3.05, 3.63) is 18.0 Å². The standard InChI is InChI=1S/C16H26N4O3/c1-16(2,3)23-15(22)20-10-4-5-12(11-20)6-8-17-14(21)13-7-9-18-19-13/h7,9,12H,4-6,8,10-11H2,1-3H3,(H,17,21)(H,18,19). The fourth-order valence-corrected chi connectivity index (χ4v) is 2.66. The third-order valence-electron chi connectivity index (χ3n) is 3.75. The summed E-state index contributed by atoms with van der Waals surface area (Å²) in [4.78, 5) is 25.7. The Balaban J connectivity index is 1.73. The summed E-state index contributed by atoms with van der Waals surface area (Å²) >= 11 is 0. The van der Waals surface area contributed by atoms with E-state index in [9.17, 15) is 9.59 Å². The smallest absolute Gasteiger partial charge is 0.410 e. The zero-order valence-electron chi connectivity index (χ0n) is 14.1. The van der Waals surface area contributed by atoms with Gasteiger partial charge < -0.3 is 15.0 Å². The number of nitrogens with one attached hydrogen (secondary N) is 2. The molecule has 128 valence electrons. The van der Waals surface area contributed by atoms with Crippen LogP contribution in [0.4, 0.5) is 4.79 Å². The number of hydrogen-bond acceptors (Lipinski definition) is 4. The summed E-state index contributed by atoms with van der Waals surface area (Å²) in [5.41, 5.74) is -0.00810. The van der Waals surface area contributed by atoms with Gasteiger partial charge in [-0.1, -0.05) is 0 Å². The Morgan fingerprint density at radius 1 is 1.48 bits per heavy atom. The van der Waals surface area contributed by atoms with E-state index in [0.717, 1.165) is 25.8 Å². The average molecular weight is 322 g/mol. The van der Waals surface area contributed by atoms with Gasteiger partial charge in [-0.15, -0.1) is 0 Å². The molecule has 1 saturated heterocycles. The molecule has 1 unspecified atom stereocenters. The molecule has 0 aliphatic carbocycles. The zero-order chi connectivity index (χ0) is 16.9. The Morgan fingerprint density at radius 2 is 2.26 bits per heavy atom. The zero-order valence-corrected chi connectivity index (χ0v) is 14.1. The second kappa shape index (κ2) is 7.48. The molecule has 2 N–H and O–H groups in total. The fraction of sp³-hybridized carbons (Fsp3) is 0.688. The Kier molecular flexibility index (Phi) is 5.63. The molecule has 7 heteroatoms. The Bertz CT molecular complexity index is 522. The summed E-state index contributed by atoms with van der Waals surface area (Å²) in [5, 5.41) is 9.26. The molecule has 0 radical (unpaired) electrons. The summed E-state index contributed by atoms with van der Waals surface area (Å²) in [5.74, 6) is 0.237. The van der Waals surface area contributed by atoms with Gasteiger partial charge in [-0.3, -0.25) is 9.89 Å². The number of carbonyl (C=O) groups is 2. The summed E-state index contributed by atoms with van der Waals surface area (Å²) in [6, 6.07) is 1.64. The summed E-state index contributed by atoms with van der Waals surface area (Å²) in [7, 11) is 0. The molecular weight excluding hydrogens is 296 g/mol. The van der Waals surface area contributed by atoms with Gasteiger partial charge in [0, 0.05) is 25.8 Å². The van der Waals surface area contributed by atoms with Gasteiger partial charge in [-0.25, -0.2) is 4.79 Å². The number of H-pyrrole nitrogens is 1. The third kappa shape index (κ3) is 5.58. The van der Waals surface area contributed by atoms with Gasteiger partial charge in [0.05, 0.1) is 0 Å². The van der Waals surface area contributed by atoms with E-state index in [1.165, 1.54) is 0 Å². The van der Waals surface area contributed by atoms with Crippen LogP contribution in [-0.4, -0.2) is 52.3 Å². The molecule has 1 aromatic rings. The molecule has 23 heavy (non-hydrogen) atoms. The van der Waals surface area contributed by atoms with Crippen molar-refractivity contribution in [1.82, 2.24) is 20.4 Å². The van der Waals surface area contributed by atoms with Crippen molar-refractivity contribution < 1.29 is 14.3 Å². The maximum Gasteiger partial charge on any atom is 0.410 e. The molecule has 2 heterocycles. The number of amides is 2. The first-order valence-corrected chi connectivity index (χ1v) is 8.10. The van der Waals surface area contributed by atoms with Crippen molar-refractivity contribution in [3.63, 3.8) is 0 Å². The van der Waals surface area contributed by atoms with Crippen molar-refractivity contribution >= 4 is 12.0 Å².